The summed E-state index contributed by atoms with van der Waals surface area (Å²) in [7, 11) is 2.39. The molecule has 0 bridgehead atoms. The maximum Gasteiger partial charge on any atom is 0.251 e. The number of anilines is 1. The standard InChI is InChI=1S/C42H64N6O2/c1-48-39(33-24-27-44-41(29-33)25-15-9-5-2-6-10-16-26-41)46-47-42(48,34-19-11-7-3-4-8-12-20-34)31-43-35-21-17-18-32(28-35)40(49)45-37-30-50-38-23-14-13-22-36(37)38/h13-14,17-18,21-23,28,33-34,37,39,43-44,46-47H,2-12,15-16,19-20,24-27,29-31H2,1H3,(H,45,49)/t33?,37-,39?,42?/m0/s1. The molecule has 5 aliphatic rings. The summed E-state index contributed by atoms with van der Waals surface area (Å²) in [6.45, 7) is 2.37. The van der Waals surface area contributed by atoms with Gasteiger partial charge >= 0.3 is 0 Å². The average molecular weight is 685 g/mol. The Balaban J connectivity index is 1.07. The first-order chi connectivity index (χ1) is 24.6. The van der Waals surface area contributed by atoms with Crippen LogP contribution in [-0.2, 0) is 0 Å². The third-order valence-electron chi connectivity index (χ3n) is 13.1. The number of amides is 1. The van der Waals surface area contributed by atoms with Crippen LogP contribution in [0.3, 0.4) is 0 Å². The number of carbonyl (C=O) groups excluding carboxylic acids is 1. The Labute approximate surface area is 301 Å². The SMILES string of the molecule is CN1C(C2CCNC3(CCCCCCCCC3)C2)NNC1(CNc1cccc(C(=O)N[C@H]2COc3ccccc32)c1)C1CCCCCCCC1. The second-order valence-corrected chi connectivity index (χ2v) is 16.4. The summed E-state index contributed by atoms with van der Waals surface area (Å²) in [6.07, 6.45) is 25.7. The van der Waals surface area contributed by atoms with Crippen LogP contribution in [0.4, 0.5) is 5.69 Å². The predicted octanol–water partition coefficient (Wildman–Crippen LogP) is 8.04. The summed E-state index contributed by atoms with van der Waals surface area (Å²) in [4.78, 5) is 16.2. The van der Waals surface area contributed by atoms with E-state index in [-0.39, 0.29) is 23.2 Å². The number of likely N-dealkylation sites (N-methyl/N-ethyl adjacent to an activating group) is 1. The smallest absolute Gasteiger partial charge is 0.251 e. The first-order valence-corrected chi connectivity index (χ1v) is 20.4. The van der Waals surface area contributed by atoms with Crippen LogP contribution in [0.1, 0.15) is 144 Å². The van der Waals surface area contributed by atoms with E-state index in [0.29, 0.717) is 30.2 Å². The Morgan fingerprint density at radius 3 is 2.32 bits per heavy atom. The second-order valence-electron chi connectivity index (χ2n) is 16.4. The molecule has 1 spiro atoms. The highest BCUT2D eigenvalue weighted by Gasteiger charge is 2.52. The summed E-state index contributed by atoms with van der Waals surface area (Å²) in [6, 6.07) is 15.9. The fourth-order valence-electron chi connectivity index (χ4n) is 10.2. The van der Waals surface area contributed by atoms with Gasteiger partial charge in [-0.25, -0.2) is 10.9 Å². The van der Waals surface area contributed by atoms with Gasteiger partial charge < -0.3 is 20.7 Å². The van der Waals surface area contributed by atoms with Gasteiger partial charge in [0.1, 0.15) is 18.0 Å². The molecule has 2 aliphatic carbocycles. The van der Waals surface area contributed by atoms with Gasteiger partial charge in [0.25, 0.3) is 5.91 Å². The number of ether oxygens (including phenoxy) is 1. The fraction of sp³-hybridized carbons (Fsp3) is 0.690. The van der Waals surface area contributed by atoms with Crippen LogP contribution in [0.5, 0.6) is 5.75 Å². The van der Waals surface area contributed by atoms with Crippen LogP contribution in [-0.4, -0.2) is 54.9 Å². The molecule has 4 atom stereocenters. The van der Waals surface area contributed by atoms with Gasteiger partial charge in [0.15, 0.2) is 0 Å². The molecular formula is C42H64N6O2. The average Bonchev–Trinajstić information content (AvgIpc) is 3.74. The molecule has 2 aromatic rings. The molecule has 2 aromatic carbocycles. The number of nitrogens with zero attached hydrogens (tertiary/aromatic N) is 1. The van der Waals surface area contributed by atoms with Gasteiger partial charge in [0.2, 0.25) is 0 Å². The Morgan fingerprint density at radius 1 is 0.860 bits per heavy atom. The number of rotatable bonds is 7. The normalized spacial score (nSPS) is 30.0. The largest absolute Gasteiger partial charge is 0.491 e. The molecule has 50 heavy (non-hydrogen) atoms. The lowest BCUT2D eigenvalue weighted by atomic mass is 9.73. The maximum absolute atomic E-state index is 13.5. The monoisotopic (exact) mass is 685 g/mol. The van der Waals surface area contributed by atoms with E-state index in [1.165, 1.54) is 122 Å². The van der Waals surface area contributed by atoms with Crippen molar-refractivity contribution in [3.63, 3.8) is 0 Å². The van der Waals surface area contributed by atoms with Gasteiger partial charge in [-0.2, -0.15) is 0 Å². The minimum atomic E-state index is -0.216. The van der Waals surface area contributed by atoms with E-state index in [1.807, 2.05) is 42.5 Å². The van der Waals surface area contributed by atoms with Crippen molar-refractivity contribution in [1.29, 1.82) is 0 Å². The number of fused-ring (bicyclic) bond motifs is 1. The summed E-state index contributed by atoms with van der Waals surface area (Å²) < 4.78 is 5.83. The van der Waals surface area contributed by atoms with E-state index in [1.54, 1.807) is 0 Å². The molecule has 3 aliphatic heterocycles. The molecule has 7 rings (SSSR count). The van der Waals surface area contributed by atoms with Crippen molar-refractivity contribution in [3.05, 3.63) is 59.7 Å². The molecule has 0 radical (unpaired) electrons. The molecule has 3 heterocycles. The van der Waals surface area contributed by atoms with Crippen molar-refractivity contribution in [2.45, 2.75) is 145 Å². The maximum atomic E-state index is 13.5. The van der Waals surface area contributed by atoms with Crippen LogP contribution in [0.15, 0.2) is 48.5 Å². The van der Waals surface area contributed by atoms with Crippen molar-refractivity contribution in [3.8, 4) is 5.75 Å². The Hall–Kier alpha value is -2.65. The Morgan fingerprint density at radius 2 is 1.56 bits per heavy atom. The molecule has 2 saturated carbocycles. The number of hydrogen-bond acceptors (Lipinski definition) is 7. The number of benzene rings is 2. The van der Waals surface area contributed by atoms with E-state index in [4.69, 9.17) is 4.74 Å². The Kier molecular flexibility index (Phi) is 12.0. The van der Waals surface area contributed by atoms with Gasteiger partial charge in [0.05, 0.1) is 12.2 Å². The lowest BCUT2D eigenvalue weighted by molar-refractivity contribution is 0.0212. The molecule has 0 aromatic heterocycles. The topological polar surface area (TPSA) is 89.7 Å². The molecule has 5 N–H and O–H groups in total. The summed E-state index contributed by atoms with van der Waals surface area (Å²) in [5, 5.41) is 11.2. The highest BCUT2D eigenvalue weighted by Crippen LogP contribution is 2.42. The van der Waals surface area contributed by atoms with Crippen LogP contribution in [0.2, 0.25) is 0 Å². The number of para-hydroxylation sites is 1. The molecule has 2 saturated heterocycles. The van der Waals surface area contributed by atoms with E-state index < -0.39 is 0 Å². The molecular weight excluding hydrogens is 621 g/mol. The lowest BCUT2D eigenvalue weighted by Gasteiger charge is -2.48. The van der Waals surface area contributed by atoms with Crippen LogP contribution in [0.25, 0.3) is 0 Å². The fourth-order valence-corrected chi connectivity index (χ4v) is 10.2. The molecule has 4 fully saturated rings. The van der Waals surface area contributed by atoms with E-state index in [0.717, 1.165) is 30.1 Å². The van der Waals surface area contributed by atoms with Crippen molar-refractivity contribution in [2.24, 2.45) is 11.8 Å². The lowest BCUT2D eigenvalue weighted by Crippen LogP contribution is -2.62. The number of nitrogens with one attached hydrogen (secondary N) is 5. The Bertz CT molecular complexity index is 1380. The number of piperidine rings is 1. The summed E-state index contributed by atoms with van der Waals surface area (Å²) in [5.41, 5.74) is 10.7. The van der Waals surface area contributed by atoms with Gasteiger partial charge in [-0.3, -0.25) is 9.69 Å². The van der Waals surface area contributed by atoms with Crippen LogP contribution in [0, 0.1) is 11.8 Å². The molecule has 1 amide bonds. The van der Waals surface area contributed by atoms with Crippen LogP contribution < -0.4 is 31.5 Å². The number of carbonyl (C=O) groups is 1. The van der Waals surface area contributed by atoms with Gasteiger partial charge in [-0.05, 0) is 88.2 Å². The van der Waals surface area contributed by atoms with Crippen molar-refractivity contribution >= 4 is 11.6 Å². The van der Waals surface area contributed by atoms with Crippen molar-refractivity contribution < 1.29 is 9.53 Å². The van der Waals surface area contributed by atoms with Crippen molar-refractivity contribution in [2.75, 3.05) is 32.1 Å². The number of hydrazine groups is 1. The third kappa shape index (κ3) is 8.19. The second kappa shape index (κ2) is 16.8. The zero-order valence-corrected chi connectivity index (χ0v) is 30.7. The van der Waals surface area contributed by atoms with Crippen LogP contribution >= 0.6 is 0 Å². The minimum absolute atomic E-state index is 0.0665. The van der Waals surface area contributed by atoms with Gasteiger partial charge in [-0.15, -0.1) is 0 Å². The highest BCUT2D eigenvalue weighted by atomic mass is 16.5. The molecule has 274 valence electrons. The van der Waals surface area contributed by atoms with Gasteiger partial charge in [0, 0.05) is 28.9 Å². The predicted molar refractivity (Wildman–Crippen MR) is 203 cm³/mol. The number of hydrogen-bond donors (Lipinski definition) is 5. The molecule has 8 heteroatoms. The zero-order chi connectivity index (χ0) is 34.2. The summed E-state index contributed by atoms with van der Waals surface area (Å²) in [5.74, 6) is 1.93. The van der Waals surface area contributed by atoms with E-state index in [2.05, 4.69) is 44.8 Å². The first-order valence-electron chi connectivity index (χ1n) is 20.4. The highest BCUT2D eigenvalue weighted by molar-refractivity contribution is 5.95. The van der Waals surface area contributed by atoms with E-state index in [9.17, 15) is 4.79 Å². The third-order valence-corrected chi connectivity index (χ3v) is 13.1. The van der Waals surface area contributed by atoms with Gasteiger partial charge in [-0.1, -0.05) is 108 Å². The van der Waals surface area contributed by atoms with E-state index >= 15 is 0 Å². The molecule has 3 unspecified atom stereocenters. The first kappa shape index (κ1) is 35.7. The quantitative estimate of drug-likeness (QED) is 0.202. The zero-order valence-electron chi connectivity index (χ0n) is 30.7. The minimum Gasteiger partial charge on any atom is -0.491 e. The van der Waals surface area contributed by atoms with Crippen molar-refractivity contribution in [1.82, 2.24) is 26.4 Å². The molecule has 8 nitrogen and oxygen atoms in total. The summed E-state index contributed by atoms with van der Waals surface area (Å²) >= 11 is 0.